The van der Waals surface area contributed by atoms with Crippen LogP contribution >= 0.6 is 6.19 Å². The maximum Gasteiger partial charge on any atom is 0.205 e. The van der Waals surface area contributed by atoms with Gasteiger partial charge in [-0.3, -0.25) is 9.88 Å². The molecular formula is C28H24NO3PS. The van der Waals surface area contributed by atoms with Gasteiger partial charge < -0.3 is 9.47 Å². The predicted octanol–water partition coefficient (Wildman–Crippen LogP) is 5.02. The highest BCUT2D eigenvalue weighted by atomic mass is 32.4. The summed E-state index contributed by atoms with van der Waals surface area (Å²) in [5, 5.41) is 5.81. The van der Waals surface area contributed by atoms with Crippen LogP contribution in [0.3, 0.4) is 0 Å². The van der Waals surface area contributed by atoms with Crippen LogP contribution in [-0.4, -0.2) is 19.0 Å². The highest BCUT2D eigenvalue weighted by Crippen LogP contribution is 2.48. The Kier molecular flexibility index (Phi) is 6.34. The van der Waals surface area contributed by atoms with Crippen molar-refractivity contribution in [1.29, 1.82) is 0 Å². The zero-order valence-electron chi connectivity index (χ0n) is 18.6. The molecule has 4 nitrogen and oxygen atoms in total. The second-order valence-corrected chi connectivity index (χ2v) is 12.2. The first-order valence-corrected chi connectivity index (χ1v) is 13.8. The van der Waals surface area contributed by atoms with Crippen LogP contribution in [0.4, 0.5) is 0 Å². The summed E-state index contributed by atoms with van der Waals surface area (Å²) < 4.78 is 11.7. The van der Waals surface area contributed by atoms with Crippen molar-refractivity contribution in [3.63, 3.8) is 0 Å². The van der Waals surface area contributed by atoms with Gasteiger partial charge in [0.1, 0.15) is 11.5 Å². The lowest BCUT2D eigenvalue weighted by Gasteiger charge is -2.30. The molecule has 0 fully saturated rings. The first-order chi connectivity index (χ1) is 16.6. The first kappa shape index (κ1) is 22.5. The topological polar surface area (TPSA) is 47.6 Å². The summed E-state index contributed by atoms with van der Waals surface area (Å²) in [5.41, 5.74) is 1.47. The van der Waals surface area contributed by atoms with Crippen LogP contribution in [0.1, 0.15) is 22.0 Å². The van der Waals surface area contributed by atoms with Crippen LogP contribution in [-0.2, 0) is 11.8 Å². The second kappa shape index (κ2) is 9.55. The minimum Gasteiger partial charge on any atom is -0.497 e. The van der Waals surface area contributed by atoms with Crippen molar-refractivity contribution in [2.75, 3.05) is 7.11 Å². The molecule has 0 radical (unpaired) electrons. The highest BCUT2D eigenvalue weighted by Gasteiger charge is 2.42. The molecule has 4 aromatic rings. The average Bonchev–Trinajstić information content (AvgIpc) is 3.26. The number of hydrogen-bond donors (Lipinski definition) is 1. The molecule has 5 rings (SSSR count). The molecule has 0 aromatic heterocycles. The number of nitrogens with one attached hydrogen (secondary N) is 1. The van der Waals surface area contributed by atoms with Crippen molar-refractivity contribution in [2.45, 2.75) is 12.1 Å². The zero-order chi connectivity index (χ0) is 23.5. The second-order valence-electron chi connectivity index (χ2n) is 8.06. The number of hydrogen-bond acceptors (Lipinski definition) is 4. The third kappa shape index (κ3) is 4.19. The van der Waals surface area contributed by atoms with Gasteiger partial charge in [0.2, 0.25) is 5.78 Å². The lowest BCUT2D eigenvalue weighted by molar-refractivity contribution is 0.0787. The summed E-state index contributed by atoms with van der Waals surface area (Å²) in [5.74, 6) is 1.28. The number of fused-ring (bicyclic) bond motifs is 1. The molecule has 0 saturated heterocycles. The summed E-state index contributed by atoms with van der Waals surface area (Å²) >= 11 is 6.42. The number of carbonyl (C=O) groups is 1. The van der Waals surface area contributed by atoms with Crippen LogP contribution in [0.25, 0.3) is 0 Å². The summed E-state index contributed by atoms with van der Waals surface area (Å²) in [7, 11) is 1.63. The Balaban J connectivity index is 1.63. The maximum atomic E-state index is 13.6. The smallest absolute Gasteiger partial charge is 0.205 e. The lowest BCUT2D eigenvalue weighted by atomic mass is 9.97. The number of methoxy groups -OCH3 is 1. The minimum absolute atomic E-state index is 0.0871. The van der Waals surface area contributed by atoms with Crippen molar-refractivity contribution in [3.05, 3.63) is 120 Å². The van der Waals surface area contributed by atoms with E-state index in [0.29, 0.717) is 17.1 Å². The van der Waals surface area contributed by atoms with Gasteiger partial charge in [-0.25, -0.2) is 0 Å². The minimum atomic E-state index is -2.51. The Bertz CT molecular complexity index is 1300. The number of carbonyl (C=O) groups excluding carboxylic acids is 1. The van der Waals surface area contributed by atoms with Gasteiger partial charge in [-0.15, -0.1) is 0 Å². The Hall–Kier alpha value is -3.24. The Morgan fingerprint density at radius 2 is 1.41 bits per heavy atom. The molecule has 0 amide bonds. The molecule has 0 spiro atoms. The van der Waals surface area contributed by atoms with E-state index in [4.69, 9.17) is 21.3 Å². The number of ketones is 1. The van der Waals surface area contributed by atoms with Gasteiger partial charge in [0, 0.05) is 21.7 Å². The van der Waals surface area contributed by atoms with Gasteiger partial charge in [0.15, 0.2) is 6.10 Å². The molecule has 0 saturated carbocycles. The van der Waals surface area contributed by atoms with E-state index in [-0.39, 0.29) is 5.78 Å². The SMILES string of the molecule is COc1ccc2c(c1)[C@@H](NP(=S)(c1ccccc1)c1ccccc1)[C@H](C(=O)c1ccccc1)O2. The summed E-state index contributed by atoms with van der Waals surface area (Å²) in [6.07, 6.45) is -3.26. The fraction of sp³-hybridized carbons (Fsp3) is 0.107. The molecule has 0 aliphatic carbocycles. The monoisotopic (exact) mass is 485 g/mol. The van der Waals surface area contributed by atoms with Gasteiger partial charge in [-0.1, -0.05) is 103 Å². The Morgan fingerprint density at radius 1 is 0.853 bits per heavy atom. The first-order valence-electron chi connectivity index (χ1n) is 11.0. The molecule has 1 heterocycles. The molecule has 1 aliphatic heterocycles. The predicted molar refractivity (Wildman–Crippen MR) is 140 cm³/mol. The molecule has 0 bridgehead atoms. The Labute approximate surface area is 204 Å². The van der Waals surface area contributed by atoms with Crippen LogP contribution in [0.5, 0.6) is 11.5 Å². The molecule has 0 unspecified atom stereocenters. The number of benzene rings is 4. The largest absolute Gasteiger partial charge is 0.497 e. The average molecular weight is 486 g/mol. The van der Waals surface area contributed by atoms with E-state index in [9.17, 15) is 4.79 Å². The highest BCUT2D eigenvalue weighted by molar-refractivity contribution is 8.20. The van der Waals surface area contributed by atoms with Crippen molar-refractivity contribution in [1.82, 2.24) is 5.09 Å². The van der Waals surface area contributed by atoms with E-state index in [1.165, 1.54) is 0 Å². The third-order valence-electron chi connectivity index (χ3n) is 5.99. The van der Waals surface area contributed by atoms with Crippen molar-refractivity contribution >= 4 is 34.4 Å². The van der Waals surface area contributed by atoms with E-state index in [2.05, 4.69) is 29.4 Å². The molecule has 34 heavy (non-hydrogen) atoms. The van der Waals surface area contributed by atoms with E-state index >= 15 is 0 Å². The van der Waals surface area contributed by atoms with Gasteiger partial charge >= 0.3 is 0 Å². The van der Waals surface area contributed by atoms with Gasteiger partial charge in [-0.2, -0.15) is 0 Å². The fourth-order valence-corrected chi connectivity index (χ4v) is 7.77. The normalized spacial score (nSPS) is 17.0. The summed E-state index contributed by atoms with van der Waals surface area (Å²) in [6.45, 7) is 0. The zero-order valence-corrected chi connectivity index (χ0v) is 20.3. The van der Waals surface area contributed by atoms with Crippen molar-refractivity contribution < 1.29 is 14.3 Å². The lowest BCUT2D eigenvalue weighted by Crippen LogP contribution is -2.39. The third-order valence-corrected chi connectivity index (χ3v) is 10.3. The van der Waals surface area contributed by atoms with Gasteiger partial charge in [0.25, 0.3) is 0 Å². The van der Waals surface area contributed by atoms with Crippen LogP contribution in [0.2, 0.25) is 0 Å². The van der Waals surface area contributed by atoms with Crippen molar-refractivity contribution in [3.8, 4) is 11.5 Å². The molecule has 4 aromatic carbocycles. The van der Waals surface area contributed by atoms with Crippen LogP contribution in [0, 0.1) is 0 Å². The van der Waals surface area contributed by atoms with E-state index < -0.39 is 18.3 Å². The fourth-order valence-electron chi connectivity index (χ4n) is 4.25. The van der Waals surface area contributed by atoms with Gasteiger partial charge in [0.05, 0.1) is 19.3 Å². The van der Waals surface area contributed by atoms with E-state index in [1.54, 1.807) is 7.11 Å². The van der Waals surface area contributed by atoms with Crippen LogP contribution < -0.4 is 25.2 Å². The number of Topliss-reactive ketones (excluding diaryl/α,β-unsaturated/α-hetero) is 1. The molecule has 2 atom stereocenters. The summed E-state index contributed by atoms with van der Waals surface area (Å²) in [6, 6.07) is 34.6. The number of rotatable bonds is 7. The van der Waals surface area contributed by atoms with Crippen molar-refractivity contribution in [2.24, 2.45) is 0 Å². The molecule has 1 N–H and O–H groups in total. The van der Waals surface area contributed by atoms with Crippen LogP contribution in [0.15, 0.2) is 109 Å². The van der Waals surface area contributed by atoms with Gasteiger partial charge in [-0.05, 0) is 18.2 Å². The maximum absolute atomic E-state index is 13.6. The molecule has 6 heteroatoms. The molecule has 1 aliphatic rings. The molecular weight excluding hydrogens is 461 g/mol. The van der Waals surface area contributed by atoms with E-state index in [1.807, 2.05) is 84.9 Å². The molecule has 170 valence electrons. The Morgan fingerprint density at radius 3 is 1.97 bits per heavy atom. The standard InChI is InChI=1S/C28H24NO3PS/c1-31-21-17-18-25-24(19-21)26(28(32-25)27(30)20-11-5-2-6-12-20)29-33(34,22-13-7-3-8-14-22)23-15-9-4-10-16-23/h2-19,26,28H,1H3,(H,29,34)/t26-,28-/m1/s1. The quantitative estimate of drug-likeness (QED) is 0.294. The van der Waals surface area contributed by atoms with E-state index in [0.717, 1.165) is 16.2 Å². The number of ether oxygens (including phenoxy) is 2. The summed E-state index contributed by atoms with van der Waals surface area (Å²) in [4.78, 5) is 13.6.